The molecule has 6 heavy (non-hydrogen) atoms. The predicted octanol–water partition coefficient (Wildman–Crippen LogP) is 2.73. The fourth-order valence-corrected chi connectivity index (χ4v) is 0. The van der Waals surface area contributed by atoms with Gasteiger partial charge < -0.3 is 0 Å². The Hall–Kier alpha value is 1.25. The predicted molar refractivity (Wildman–Crippen MR) is 37.0 cm³/mol. The Kier molecular flexibility index (Phi) is 3.96. The molecule has 0 aromatic heterocycles. The monoisotopic (exact) mass is 234 g/mol. The zero-order valence-corrected chi connectivity index (χ0v) is 7.22. The van der Waals surface area contributed by atoms with E-state index in [2.05, 4.69) is 31.9 Å². The molecule has 0 rings (SSSR count). The van der Waals surface area contributed by atoms with E-state index in [-0.39, 0.29) is 4.29 Å². The Morgan fingerprint density at radius 3 is 1.67 bits per heavy atom. The number of hydrogen-bond donors (Lipinski definition) is 0. The Morgan fingerprint density at radius 2 is 1.67 bits per heavy atom. The van der Waals surface area contributed by atoms with Gasteiger partial charge in [0.05, 0.1) is 0 Å². The zero-order valence-electron chi connectivity index (χ0n) is 3.29. The topological polar surface area (TPSA) is 0 Å². The summed E-state index contributed by atoms with van der Waals surface area (Å²) in [6, 6.07) is 0. The third-order valence-electron chi connectivity index (χ3n) is 0.347. The molecule has 38 valence electrons. The van der Waals surface area contributed by atoms with E-state index in [4.69, 9.17) is 11.6 Å². The molecule has 0 aliphatic rings. The van der Waals surface area contributed by atoms with E-state index < -0.39 is 0 Å². The van der Waals surface area contributed by atoms with Gasteiger partial charge in [0.25, 0.3) is 0 Å². The Balaban J connectivity index is 2.99. The van der Waals surface area contributed by atoms with Gasteiger partial charge in [-0.1, -0.05) is 38.8 Å². The molecule has 0 aromatic rings. The normalized spacial score (nSPS) is 20.0. The third-order valence-corrected chi connectivity index (χ3v) is 3.06. The van der Waals surface area contributed by atoms with Gasteiger partial charge in [0.15, 0.2) is 0 Å². The second-order valence-electron chi connectivity index (χ2n) is 1.01. The molecule has 0 N–H and O–H groups in total. The van der Waals surface area contributed by atoms with Gasteiger partial charge in [0, 0.05) is 4.83 Å². The average molecular weight is 236 g/mol. The first-order valence-electron chi connectivity index (χ1n) is 1.57. The molecule has 0 spiro atoms. The van der Waals surface area contributed by atoms with Crippen molar-refractivity contribution in [3.8, 4) is 0 Å². The summed E-state index contributed by atoms with van der Waals surface area (Å²) in [4.78, 5) is 0.346. The summed E-state index contributed by atoms with van der Waals surface area (Å²) in [7, 11) is 0. The fraction of sp³-hybridized carbons (Fsp3) is 1.00. The molecule has 0 aliphatic heterocycles. The van der Waals surface area contributed by atoms with Crippen molar-refractivity contribution in [2.75, 3.05) is 0 Å². The van der Waals surface area contributed by atoms with Crippen LogP contribution in [0.25, 0.3) is 0 Å². The first-order chi connectivity index (χ1) is 2.64. The second-order valence-corrected chi connectivity index (χ2v) is 4.44. The van der Waals surface area contributed by atoms with E-state index in [1.54, 1.807) is 0 Å². The summed E-state index contributed by atoms with van der Waals surface area (Å²) in [5.74, 6) is 0. The highest BCUT2D eigenvalue weighted by Gasteiger charge is 2.02. The molecule has 0 amide bonds. The average Bonchev–Trinajstić information content (AvgIpc) is 1.36. The smallest absolute Gasteiger partial charge is 0.101 e. The lowest BCUT2D eigenvalue weighted by molar-refractivity contribution is 1.11. The summed E-state index contributed by atoms with van der Waals surface area (Å²) in [5.41, 5.74) is 0. The quantitative estimate of drug-likeness (QED) is 0.614. The molecular formula is C3H5Br2Cl. The molecule has 0 saturated heterocycles. The van der Waals surface area contributed by atoms with Crippen molar-refractivity contribution in [1.29, 1.82) is 0 Å². The van der Waals surface area contributed by atoms with Crippen molar-refractivity contribution >= 4 is 43.5 Å². The maximum Gasteiger partial charge on any atom is 0.101 e. The highest BCUT2D eigenvalue weighted by atomic mass is 79.9. The van der Waals surface area contributed by atoms with Gasteiger partial charge in [-0.2, -0.15) is 0 Å². The second kappa shape index (κ2) is 3.28. The Labute approximate surface area is 59.5 Å². The summed E-state index contributed by atoms with van der Waals surface area (Å²) >= 11 is 11.9. The molecule has 0 heterocycles. The molecule has 0 aromatic carbocycles. The van der Waals surface area contributed by atoms with E-state index in [1.807, 2.05) is 6.92 Å². The lowest BCUT2D eigenvalue weighted by Crippen LogP contribution is -1.98. The van der Waals surface area contributed by atoms with Crippen LogP contribution in [0.1, 0.15) is 6.92 Å². The fourth-order valence-electron chi connectivity index (χ4n) is 0. The maximum atomic E-state index is 5.48. The molecule has 0 fully saturated rings. The molecule has 3 heteroatoms. The van der Waals surface area contributed by atoms with Crippen molar-refractivity contribution < 1.29 is 0 Å². The van der Waals surface area contributed by atoms with E-state index in [1.165, 1.54) is 0 Å². The molecule has 0 unspecified atom stereocenters. The van der Waals surface area contributed by atoms with Crippen LogP contribution in [0.3, 0.4) is 0 Å². The van der Waals surface area contributed by atoms with Crippen molar-refractivity contribution in [2.24, 2.45) is 0 Å². The molecular weight excluding hydrogens is 231 g/mol. The maximum absolute atomic E-state index is 5.48. The minimum absolute atomic E-state index is 0.0532. The van der Waals surface area contributed by atoms with E-state index in [0.29, 0.717) is 4.83 Å². The SMILES string of the molecule is C[C@@H](Br)[C@H](Cl)Br. The number of hydrogen-bond acceptors (Lipinski definition) is 0. The van der Waals surface area contributed by atoms with Gasteiger partial charge in [0.2, 0.25) is 0 Å². The summed E-state index contributed by atoms with van der Waals surface area (Å²) in [6.07, 6.45) is 0. The molecule has 2 atom stereocenters. The Bertz CT molecular complexity index is 29.8. The third kappa shape index (κ3) is 3.44. The molecule has 0 bridgehead atoms. The molecule has 0 aliphatic carbocycles. The minimum Gasteiger partial charge on any atom is -0.109 e. The largest absolute Gasteiger partial charge is 0.109 e. The van der Waals surface area contributed by atoms with Gasteiger partial charge in [-0.25, -0.2) is 0 Å². The number of rotatable bonds is 1. The van der Waals surface area contributed by atoms with Gasteiger partial charge in [-0.05, 0) is 0 Å². The summed E-state index contributed by atoms with van der Waals surface area (Å²) in [6.45, 7) is 1.98. The van der Waals surface area contributed by atoms with Crippen LogP contribution in [-0.2, 0) is 0 Å². The van der Waals surface area contributed by atoms with Crippen molar-refractivity contribution in [3.63, 3.8) is 0 Å². The van der Waals surface area contributed by atoms with Gasteiger partial charge in [-0.3, -0.25) is 0 Å². The van der Waals surface area contributed by atoms with Crippen molar-refractivity contribution in [2.45, 2.75) is 16.0 Å². The van der Waals surface area contributed by atoms with Crippen LogP contribution in [0.2, 0.25) is 0 Å². The van der Waals surface area contributed by atoms with Crippen LogP contribution in [0.5, 0.6) is 0 Å². The van der Waals surface area contributed by atoms with Gasteiger partial charge in [0.1, 0.15) is 4.29 Å². The number of alkyl halides is 3. The van der Waals surface area contributed by atoms with Crippen LogP contribution in [-0.4, -0.2) is 9.11 Å². The van der Waals surface area contributed by atoms with E-state index in [0.717, 1.165) is 0 Å². The lowest BCUT2D eigenvalue weighted by Gasteiger charge is -1.98. The van der Waals surface area contributed by atoms with E-state index in [9.17, 15) is 0 Å². The van der Waals surface area contributed by atoms with Crippen LogP contribution >= 0.6 is 43.5 Å². The first-order valence-corrected chi connectivity index (χ1v) is 3.83. The minimum atomic E-state index is 0.0532. The summed E-state index contributed by atoms with van der Waals surface area (Å²) in [5, 5.41) is 0. The lowest BCUT2D eigenvalue weighted by atomic mass is 10.6. The molecule has 0 nitrogen and oxygen atoms in total. The molecule has 0 saturated carbocycles. The van der Waals surface area contributed by atoms with Crippen molar-refractivity contribution in [3.05, 3.63) is 0 Å². The van der Waals surface area contributed by atoms with Crippen LogP contribution in [0.4, 0.5) is 0 Å². The van der Waals surface area contributed by atoms with E-state index >= 15 is 0 Å². The Morgan fingerprint density at radius 1 is 1.50 bits per heavy atom. The van der Waals surface area contributed by atoms with Crippen molar-refractivity contribution in [1.82, 2.24) is 0 Å². The van der Waals surface area contributed by atoms with Crippen LogP contribution < -0.4 is 0 Å². The standard InChI is InChI=1S/C3H5Br2Cl/c1-2(4)3(5)6/h2-3H,1H3/t2-,3+/m1/s1. The first kappa shape index (κ1) is 7.25. The van der Waals surface area contributed by atoms with Gasteiger partial charge in [-0.15, -0.1) is 11.6 Å². The van der Waals surface area contributed by atoms with Crippen LogP contribution in [0, 0.1) is 0 Å². The van der Waals surface area contributed by atoms with Crippen LogP contribution in [0.15, 0.2) is 0 Å². The number of halogens is 3. The highest BCUT2D eigenvalue weighted by Crippen LogP contribution is 2.16. The highest BCUT2D eigenvalue weighted by molar-refractivity contribution is 9.12. The van der Waals surface area contributed by atoms with Gasteiger partial charge >= 0.3 is 0 Å². The molecule has 0 radical (unpaired) electrons. The summed E-state index contributed by atoms with van der Waals surface area (Å²) < 4.78 is 0.0532. The zero-order chi connectivity index (χ0) is 5.15.